The third kappa shape index (κ3) is 3.42. The summed E-state index contributed by atoms with van der Waals surface area (Å²) in [5, 5.41) is 7.24. The molecule has 0 fully saturated rings. The highest BCUT2D eigenvalue weighted by Crippen LogP contribution is 2.27. The van der Waals surface area contributed by atoms with Gasteiger partial charge in [-0.15, -0.1) is 0 Å². The Balaban J connectivity index is 1.59. The lowest BCUT2D eigenvalue weighted by Gasteiger charge is -2.21. The molecule has 0 saturated carbocycles. The van der Waals surface area contributed by atoms with E-state index in [1.807, 2.05) is 24.4 Å². The molecule has 4 nitrogen and oxygen atoms in total. The van der Waals surface area contributed by atoms with Crippen molar-refractivity contribution in [2.45, 2.75) is 26.1 Å². The van der Waals surface area contributed by atoms with Crippen molar-refractivity contribution >= 4 is 0 Å². The van der Waals surface area contributed by atoms with Crippen molar-refractivity contribution in [3.63, 3.8) is 0 Å². The van der Waals surface area contributed by atoms with E-state index in [2.05, 4.69) is 28.1 Å². The molecule has 0 saturated heterocycles. The highest BCUT2D eigenvalue weighted by Gasteiger charge is 2.21. The number of para-hydroxylation sites is 1. The molecule has 128 valence electrons. The van der Waals surface area contributed by atoms with E-state index in [1.165, 1.54) is 17.7 Å². The molecule has 0 amide bonds. The number of aromatic nitrogens is 2. The van der Waals surface area contributed by atoms with Gasteiger partial charge in [0.2, 0.25) is 0 Å². The quantitative estimate of drug-likeness (QED) is 0.785. The number of hydrogen-bond acceptors (Lipinski definition) is 3. The van der Waals surface area contributed by atoms with Crippen LogP contribution >= 0.6 is 0 Å². The molecular formula is C20H20FN3O. The van der Waals surface area contributed by atoms with E-state index in [-0.39, 0.29) is 11.9 Å². The van der Waals surface area contributed by atoms with Gasteiger partial charge >= 0.3 is 0 Å². The molecule has 0 unspecified atom stereocenters. The van der Waals surface area contributed by atoms with Crippen molar-refractivity contribution in [1.82, 2.24) is 15.1 Å². The standard InChI is InChI=1S/C20H20FN3O/c1-14-11-24(12-16-4-2-3-5-19(16)25-14)13-17-10-22-23-20(17)15-6-8-18(21)9-7-15/h2-10,14H,11-13H2,1H3,(H,22,23)/t14-/m1/s1. The summed E-state index contributed by atoms with van der Waals surface area (Å²) in [5.41, 5.74) is 4.16. The topological polar surface area (TPSA) is 41.2 Å². The number of aromatic amines is 1. The molecule has 1 aliphatic heterocycles. The predicted molar refractivity (Wildman–Crippen MR) is 94.6 cm³/mol. The van der Waals surface area contributed by atoms with Crippen molar-refractivity contribution in [3.8, 4) is 17.0 Å². The minimum Gasteiger partial charge on any atom is -0.489 e. The van der Waals surface area contributed by atoms with E-state index in [1.54, 1.807) is 12.1 Å². The molecule has 1 aromatic heterocycles. The molecule has 0 bridgehead atoms. The highest BCUT2D eigenvalue weighted by molar-refractivity contribution is 5.62. The van der Waals surface area contributed by atoms with Crippen molar-refractivity contribution in [1.29, 1.82) is 0 Å². The molecule has 25 heavy (non-hydrogen) atoms. The molecule has 2 heterocycles. The Kier molecular flexibility index (Phi) is 4.24. The maximum atomic E-state index is 13.2. The van der Waals surface area contributed by atoms with E-state index in [9.17, 15) is 4.39 Å². The van der Waals surface area contributed by atoms with Gasteiger partial charge in [-0.2, -0.15) is 5.10 Å². The summed E-state index contributed by atoms with van der Waals surface area (Å²) in [5.74, 6) is 0.725. The first-order valence-corrected chi connectivity index (χ1v) is 8.44. The lowest BCUT2D eigenvalue weighted by Crippen LogP contribution is -2.30. The molecule has 0 aliphatic carbocycles. The first kappa shape index (κ1) is 15.8. The van der Waals surface area contributed by atoms with E-state index < -0.39 is 0 Å². The van der Waals surface area contributed by atoms with E-state index >= 15 is 0 Å². The summed E-state index contributed by atoms with van der Waals surface area (Å²) in [6, 6.07) is 14.7. The van der Waals surface area contributed by atoms with E-state index in [0.29, 0.717) is 0 Å². The first-order chi connectivity index (χ1) is 12.2. The molecule has 1 N–H and O–H groups in total. The molecule has 2 aromatic carbocycles. The summed E-state index contributed by atoms with van der Waals surface area (Å²) < 4.78 is 19.2. The maximum Gasteiger partial charge on any atom is 0.124 e. The zero-order valence-corrected chi connectivity index (χ0v) is 14.1. The summed E-state index contributed by atoms with van der Waals surface area (Å²) in [4.78, 5) is 2.36. The molecule has 0 spiro atoms. The first-order valence-electron chi connectivity index (χ1n) is 8.44. The molecular weight excluding hydrogens is 317 g/mol. The number of nitrogens with one attached hydrogen (secondary N) is 1. The summed E-state index contributed by atoms with van der Waals surface area (Å²) in [6.07, 6.45) is 1.96. The van der Waals surface area contributed by atoms with Crippen molar-refractivity contribution in [2.24, 2.45) is 0 Å². The van der Waals surface area contributed by atoms with Crippen LogP contribution in [-0.2, 0) is 13.1 Å². The van der Waals surface area contributed by atoms with Crippen LogP contribution in [-0.4, -0.2) is 27.7 Å². The van der Waals surface area contributed by atoms with Crippen LogP contribution in [0.2, 0.25) is 0 Å². The van der Waals surface area contributed by atoms with Crippen LogP contribution in [0, 0.1) is 5.82 Å². The predicted octanol–water partition coefficient (Wildman–Crippen LogP) is 4.00. The van der Waals surface area contributed by atoms with Crippen LogP contribution in [0.25, 0.3) is 11.3 Å². The number of hydrogen-bond donors (Lipinski definition) is 1. The van der Waals surface area contributed by atoms with Crippen LogP contribution in [0.15, 0.2) is 54.7 Å². The van der Waals surface area contributed by atoms with E-state index in [4.69, 9.17) is 4.74 Å². The number of fused-ring (bicyclic) bond motifs is 1. The molecule has 1 aliphatic rings. The fraction of sp³-hybridized carbons (Fsp3) is 0.250. The Bertz CT molecular complexity index is 859. The van der Waals surface area contributed by atoms with Gasteiger partial charge in [0.15, 0.2) is 0 Å². The number of H-pyrrole nitrogens is 1. The van der Waals surface area contributed by atoms with Gasteiger partial charge < -0.3 is 4.74 Å². The minimum absolute atomic E-state index is 0.116. The second-order valence-electron chi connectivity index (χ2n) is 6.48. The normalized spacial score (nSPS) is 17.6. The Morgan fingerprint density at radius 2 is 2.00 bits per heavy atom. The summed E-state index contributed by atoms with van der Waals surface area (Å²) >= 11 is 0. The van der Waals surface area contributed by atoms with Crippen molar-refractivity contribution in [2.75, 3.05) is 6.54 Å². The Hall–Kier alpha value is -2.66. The van der Waals surface area contributed by atoms with Crippen LogP contribution in [0.3, 0.4) is 0 Å². The second kappa shape index (κ2) is 6.69. The Morgan fingerprint density at radius 1 is 1.20 bits per heavy atom. The fourth-order valence-corrected chi connectivity index (χ4v) is 3.33. The number of halogens is 1. The van der Waals surface area contributed by atoms with E-state index in [0.717, 1.165) is 42.2 Å². The lowest BCUT2D eigenvalue weighted by molar-refractivity contribution is 0.156. The van der Waals surface area contributed by atoms with Crippen LogP contribution in [0.5, 0.6) is 5.75 Å². The number of benzene rings is 2. The van der Waals surface area contributed by atoms with Gasteiger partial charge in [0.1, 0.15) is 17.7 Å². The average molecular weight is 337 g/mol. The fourth-order valence-electron chi connectivity index (χ4n) is 3.33. The van der Waals surface area contributed by atoms with Crippen LogP contribution in [0.1, 0.15) is 18.1 Å². The van der Waals surface area contributed by atoms with Crippen molar-refractivity contribution in [3.05, 3.63) is 71.7 Å². The van der Waals surface area contributed by atoms with Gasteiger partial charge in [-0.1, -0.05) is 18.2 Å². The number of nitrogens with zero attached hydrogens (tertiary/aromatic N) is 2. The largest absolute Gasteiger partial charge is 0.489 e. The highest BCUT2D eigenvalue weighted by atomic mass is 19.1. The molecule has 1 atom stereocenters. The third-order valence-electron chi connectivity index (χ3n) is 4.45. The molecule has 0 radical (unpaired) electrons. The number of ether oxygens (including phenoxy) is 1. The monoisotopic (exact) mass is 337 g/mol. The van der Waals surface area contributed by atoms with Crippen LogP contribution in [0.4, 0.5) is 4.39 Å². The Morgan fingerprint density at radius 3 is 2.84 bits per heavy atom. The van der Waals surface area contributed by atoms with Crippen molar-refractivity contribution < 1.29 is 9.13 Å². The molecule has 3 aromatic rings. The van der Waals surface area contributed by atoms with Crippen LogP contribution < -0.4 is 4.74 Å². The number of rotatable bonds is 3. The van der Waals surface area contributed by atoms with Gasteiger partial charge in [0, 0.05) is 36.3 Å². The zero-order valence-electron chi connectivity index (χ0n) is 14.1. The lowest BCUT2D eigenvalue weighted by atomic mass is 10.1. The van der Waals surface area contributed by atoms with Gasteiger partial charge in [-0.3, -0.25) is 10.00 Å². The SMILES string of the molecule is C[C@@H]1CN(Cc2cn[nH]c2-c2ccc(F)cc2)Cc2ccccc2O1. The zero-order chi connectivity index (χ0) is 17.2. The maximum absolute atomic E-state index is 13.2. The summed E-state index contributed by atoms with van der Waals surface area (Å²) in [6.45, 7) is 4.51. The minimum atomic E-state index is -0.236. The van der Waals surface area contributed by atoms with Gasteiger partial charge in [-0.05, 0) is 37.3 Å². The summed E-state index contributed by atoms with van der Waals surface area (Å²) in [7, 11) is 0. The average Bonchev–Trinajstić information content (AvgIpc) is 2.98. The van der Waals surface area contributed by atoms with Gasteiger partial charge in [-0.25, -0.2) is 4.39 Å². The second-order valence-corrected chi connectivity index (χ2v) is 6.48. The molecule has 5 heteroatoms. The van der Waals surface area contributed by atoms with Gasteiger partial charge in [0.05, 0.1) is 11.9 Å². The Labute approximate surface area is 146 Å². The third-order valence-corrected chi connectivity index (χ3v) is 4.45. The smallest absolute Gasteiger partial charge is 0.124 e. The molecule has 4 rings (SSSR count). The van der Waals surface area contributed by atoms with Gasteiger partial charge in [0.25, 0.3) is 0 Å².